The highest BCUT2D eigenvalue weighted by atomic mass is 14.4. The maximum absolute atomic E-state index is 2.44. The second-order valence-corrected chi connectivity index (χ2v) is 16.4. The lowest BCUT2D eigenvalue weighted by molar-refractivity contribution is 0.672. The molecule has 0 fully saturated rings. The first-order valence-electron chi connectivity index (χ1n) is 20.1. The van der Waals surface area contributed by atoms with E-state index < -0.39 is 0 Å². The highest BCUT2D eigenvalue weighted by Gasteiger charge is 2.39. The minimum absolute atomic E-state index is 0.167. The van der Waals surface area contributed by atoms with Crippen LogP contribution in [0, 0.1) is 0 Å². The van der Waals surface area contributed by atoms with E-state index in [9.17, 15) is 0 Å². The van der Waals surface area contributed by atoms with E-state index in [0.29, 0.717) is 0 Å². The summed E-state index contributed by atoms with van der Waals surface area (Å²) in [5, 5.41) is 15.6. The number of hydrogen-bond acceptors (Lipinski definition) is 0. The Kier molecular flexibility index (Phi) is 6.78. The van der Waals surface area contributed by atoms with Gasteiger partial charge in [-0.3, -0.25) is 0 Å². The van der Waals surface area contributed by atoms with Crippen LogP contribution in [0.4, 0.5) is 0 Å². The Bertz CT molecular complexity index is 3420. The Morgan fingerprint density at radius 1 is 0.263 bits per heavy atom. The fraction of sp³-hybridized carbons (Fsp3) is 0.0526. The summed E-state index contributed by atoms with van der Waals surface area (Å²) in [6.45, 7) is 4.86. The monoisotopic (exact) mass is 722 g/mol. The third kappa shape index (κ3) is 4.62. The van der Waals surface area contributed by atoms with Crippen LogP contribution >= 0.6 is 0 Å². The standard InChI is InChI=1S/C57H38/c1-57(2)55-42-30-29-41(34-39(42)28-31-51(55)54-45-18-8-6-16-43(45)44-17-7-13-23-50(44)56(54)57)53-48-21-11-9-19-46(48)52(47-20-10-12-22-49(47)53)40-27-26-37-32-36(24-25-38(37)33-40)35-14-4-3-5-15-35/h3-34H,1-2H3. The fourth-order valence-corrected chi connectivity index (χ4v) is 10.5. The van der Waals surface area contributed by atoms with Gasteiger partial charge in [0, 0.05) is 5.41 Å². The quantitative estimate of drug-likeness (QED) is 0.126. The summed E-state index contributed by atoms with van der Waals surface area (Å²) in [5.74, 6) is 0. The highest BCUT2D eigenvalue weighted by molar-refractivity contribution is 6.23. The van der Waals surface area contributed by atoms with E-state index in [2.05, 4.69) is 208 Å². The van der Waals surface area contributed by atoms with Crippen LogP contribution in [0.15, 0.2) is 194 Å². The molecule has 11 aromatic carbocycles. The molecule has 0 heterocycles. The van der Waals surface area contributed by atoms with Crippen molar-refractivity contribution in [3.63, 3.8) is 0 Å². The normalized spacial score (nSPS) is 13.2. The largest absolute Gasteiger partial charge is 0.0622 e. The summed E-state index contributed by atoms with van der Waals surface area (Å²) in [6, 6.07) is 72.5. The Labute approximate surface area is 332 Å². The molecular weight excluding hydrogens is 685 g/mol. The smallest absolute Gasteiger partial charge is 0.0171 e. The van der Waals surface area contributed by atoms with Gasteiger partial charge in [-0.1, -0.05) is 190 Å². The van der Waals surface area contributed by atoms with E-state index in [1.807, 2.05) is 0 Å². The van der Waals surface area contributed by atoms with Crippen molar-refractivity contribution in [3.05, 3.63) is 205 Å². The van der Waals surface area contributed by atoms with Crippen LogP contribution < -0.4 is 0 Å². The van der Waals surface area contributed by atoms with E-state index >= 15 is 0 Å². The van der Waals surface area contributed by atoms with Gasteiger partial charge in [0.1, 0.15) is 0 Å². The van der Waals surface area contributed by atoms with Crippen molar-refractivity contribution >= 4 is 64.6 Å². The first-order chi connectivity index (χ1) is 28.0. The van der Waals surface area contributed by atoms with Crippen LogP contribution in [0.1, 0.15) is 25.0 Å². The van der Waals surface area contributed by atoms with Crippen LogP contribution in [0.5, 0.6) is 0 Å². The molecule has 0 spiro atoms. The molecule has 266 valence electrons. The number of rotatable bonds is 3. The first kappa shape index (κ1) is 32.2. The number of fused-ring (bicyclic) bond motifs is 13. The van der Waals surface area contributed by atoms with Gasteiger partial charge in [0.05, 0.1) is 0 Å². The average molecular weight is 723 g/mol. The van der Waals surface area contributed by atoms with Crippen molar-refractivity contribution in [2.45, 2.75) is 19.3 Å². The van der Waals surface area contributed by atoms with Crippen molar-refractivity contribution < 1.29 is 0 Å². The van der Waals surface area contributed by atoms with Crippen molar-refractivity contribution in [2.24, 2.45) is 0 Å². The predicted molar refractivity (Wildman–Crippen MR) is 245 cm³/mol. The van der Waals surface area contributed by atoms with Crippen molar-refractivity contribution in [3.8, 4) is 44.5 Å². The van der Waals surface area contributed by atoms with Crippen molar-refractivity contribution in [2.75, 3.05) is 0 Å². The van der Waals surface area contributed by atoms with Crippen molar-refractivity contribution in [1.29, 1.82) is 0 Å². The molecule has 11 aromatic rings. The topological polar surface area (TPSA) is 0 Å². The predicted octanol–water partition coefficient (Wildman–Crippen LogP) is 15.9. The Hall–Kier alpha value is -7.02. The van der Waals surface area contributed by atoms with Gasteiger partial charge < -0.3 is 0 Å². The van der Waals surface area contributed by atoms with E-state index in [-0.39, 0.29) is 5.41 Å². The second kappa shape index (κ2) is 12.0. The molecule has 0 aromatic heterocycles. The maximum Gasteiger partial charge on any atom is 0.0171 e. The lowest BCUT2D eigenvalue weighted by atomic mass is 9.77. The van der Waals surface area contributed by atoms with Gasteiger partial charge in [0.2, 0.25) is 0 Å². The van der Waals surface area contributed by atoms with Gasteiger partial charge >= 0.3 is 0 Å². The van der Waals surface area contributed by atoms with Gasteiger partial charge in [-0.25, -0.2) is 0 Å². The maximum atomic E-state index is 2.44. The lowest BCUT2D eigenvalue weighted by Crippen LogP contribution is -2.16. The molecule has 0 unspecified atom stereocenters. The fourth-order valence-electron chi connectivity index (χ4n) is 10.5. The summed E-state index contributed by atoms with van der Waals surface area (Å²) in [7, 11) is 0. The first-order valence-corrected chi connectivity index (χ1v) is 20.1. The summed E-state index contributed by atoms with van der Waals surface area (Å²) in [6.07, 6.45) is 0. The molecule has 0 atom stereocenters. The van der Waals surface area contributed by atoms with E-state index in [1.165, 1.54) is 120 Å². The van der Waals surface area contributed by atoms with Gasteiger partial charge in [0.25, 0.3) is 0 Å². The third-order valence-corrected chi connectivity index (χ3v) is 12.9. The van der Waals surface area contributed by atoms with Crippen LogP contribution in [-0.4, -0.2) is 0 Å². The minimum Gasteiger partial charge on any atom is -0.0622 e. The number of benzene rings is 11. The molecule has 0 saturated carbocycles. The highest BCUT2D eigenvalue weighted by Crippen LogP contribution is 2.56. The Morgan fingerprint density at radius 3 is 1.28 bits per heavy atom. The van der Waals surface area contributed by atoms with Gasteiger partial charge in [-0.2, -0.15) is 0 Å². The molecule has 0 aliphatic heterocycles. The van der Waals surface area contributed by atoms with Crippen LogP contribution in [-0.2, 0) is 5.41 Å². The molecule has 0 N–H and O–H groups in total. The molecule has 0 heteroatoms. The summed E-state index contributed by atoms with van der Waals surface area (Å²) in [5.41, 5.74) is 13.0. The molecular formula is C57H38. The van der Waals surface area contributed by atoms with Crippen LogP contribution in [0.2, 0.25) is 0 Å². The SMILES string of the molecule is CC1(C)c2c(ccc3cc(-c4c5ccccc5c(-c5ccc6cc(-c7ccccc7)ccc6c5)c5ccccc45)ccc23)-c2c1c1ccccc1c1ccccc21. The molecule has 12 rings (SSSR count). The molecule has 0 bridgehead atoms. The Morgan fingerprint density at radius 2 is 0.684 bits per heavy atom. The Balaban J connectivity index is 1.05. The van der Waals surface area contributed by atoms with Crippen molar-refractivity contribution in [1.82, 2.24) is 0 Å². The van der Waals surface area contributed by atoms with E-state index in [0.717, 1.165) is 0 Å². The van der Waals surface area contributed by atoms with E-state index in [4.69, 9.17) is 0 Å². The molecule has 0 radical (unpaired) electrons. The average Bonchev–Trinajstić information content (AvgIpc) is 3.52. The zero-order chi connectivity index (χ0) is 37.8. The lowest BCUT2D eigenvalue weighted by Gasteiger charge is -2.25. The third-order valence-electron chi connectivity index (χ3n) is 12.9. The zero-order valence-electron chi connectivity index (χ0n) is 32.0. The molecule has 0 nitrogen and oxygen atoms in total. The minimum atomic E-state index is -0.167. The summed E-state index contributed by atoms with van der Waals surface area (Å²) >= 11 is 0. The van der Waals surface area contributed by atoms with Gasteiger partial charge in [-0.05, 0) is 138 Å². The van der Waals surface area contributed by atoms with Gasteiger partial charge in [-0.15, -0.1) is 0 Å². The number of hydrogen-bond donors (Lipinski definition) is 0. The van der Waals surface area contributed by atoms with Crippen LogP contribution in [0.3, 0.4) is 0 Å². The van der Waals surface area contributed by atoms with Gasteiger partial charge in [0.15, 0.2) is 0 Å². The van der Waals surface area contributed by atoms with E-state index in [1.54, 1.807) is 0 Å². The molecule has 57 heavy (non-hydrogen) atoms. The molecule has 1 aliphatic rings. The molecule has 1 aliphatic carbocycles. The molecule has 0 saturated heterocycles. The van der Waals surface area contributed by atoms with Crippen LogP contribution in [0.25, 0.3) is 109 Å². The zero-order valence-corrected chi connectivity index (χ0v) is 32.0. The second-order valence-electron chi connectivity index (χ2n) is 16.4. The molecule has 0 amide bonds. The summed E-state index contributed by atoms with van der Waals surface area (Å²) in [4.78, 5) is 0. The summed E-state index contributed by atoms with van der Waals surface area (Å²) < 4.78 is 0.